The number of hydrogen-bond donors (Lipinski definition) is 0. The van der Waals surface area contributed by atoms with Crippen LogP contribution in [0.2, 0.25) is 18.1 Å². The molecule has 6 fully saturated rings. The largest absolute Gasteiger partial charge is 0.393 e. The van der Waals surface area contributed by atoms with Crippen LogP contribution in [-0.4, -0.2) is 61.0 Å². The topological polar surface area (TPSA) is 142 Å². The van der Waals surface area contributed by atoms with Crippen LogP contribution in [0.4, 0.5) is 0 Å². The number of hydrogen-bond acceptors (Lipinski definition) is 8. The first-order valence-electron chi connectivity index (χ1n) is 14.3. The molecular formula is C28H38N2O8Si. The quantitative estimate of drug-likeness (QED) is 0.121. The van der Waals surface area contributed by atoms with Crippen LogP contribution in [0.15, 0.2) is 0 Å². The second-order valence-electron chi connectivity index (χ2n) is 14.0. The van der Waals surface area contributed by atoms with E-state index in [2.05, 4.69) is 25.6 Å². The molecule has 1 spiro atoms. The van der Waals surface area contributed by atoms with Gasteiger partial charge in [-0.1, -0.05) is 33.6 Å². The lowest BCUT2D eigenvalue weighted by Gasteiger charge is -2.60. The Bertz CT molecular complexity index is 1180. The molecule has 3 saturated carbocycles. The summed E-state index contributed by atoms with van der Waals surface area (Å²) in [5.41, 5.74) is 7.76. The van der Waals surface area contributed by atoms with Crippen molar-refractivity contribution in [3.8, 4) is 0 Å². The maximum atomic E-state index is 14.1. The van der Waals surface area contributed by atoms with E-state index in [1.54, 1.807) is 0 Å². The van der Waals surface area contributed by atoms with Crippen LogP contribution in [-0.2, 0) is 37.8 Å². The summed E-state index contributed by atoms with van der Waals surface area (Å²) in [5, 5.41) is -0.266. The summed E-state index contributed by atoms with van der Waals surface area (Å²) in [6.07, 6.45) is 4.12. The number of rotatable bonds is 6. The minimum absolute atomic E-state index is 0.0596. The van der Waals surface area contributed by atoms with Crippen LogP contribution in [0, 0.1) is 40.9 Å². The molecular weight excluding hydrogens is 520 g/mol. The Morgan fingerprint density at radius 1 is 1.08 bits per heavy atom. The Labute approximate surface area is 229 Å². The smallest absolute Gasteiger partial charge is 0.323 e. The summed E-state index contributed by atoms with van der Waals surface area (Å²) < 4.78 is 25.6. The highest BCUT2D eigenvalue weighted by Crippen LogP contribution is 2.73. The van der Waals surface area contributed by atoms with Crippen LogP contribution in [0.25, 0.3) is 5.53 Å². The normalized spacial score (nSPS) is 43.1. The number of esters is 2. The molecule has 3 aliphatic carbocycles. The Hall–Kier alpha value is -2.04. The van der Waals surface area contributed by atoms with E-state index < -0.39 is 73.3 Å². The molecule has 6 aliphatic rings. The van der Waals surface area contributed by atoms with Crippen LogP contribution < -0.4 is 0 Å². The van der Waals surface area contributed by atoms with Gasteiger partial charge >= 0.3 is 18.2 Å². The van der Waals surface area contributed by atoms with Gasteiger partial charge in [-0.15, -0.1) is 0 Å². The lowest BCUT2D eigenvalue weighted by Crippen LogP contribution is -2.70. The molecule has 5 bridgehead atoms. The molecule has 11 heteroatoms. The van der Waals surface area contributed by atoms with Crippen molar-refractivity contribution in [3.05, 3.63) is 5.53 Å². The number of Topliss-reactive ketones (excluding diaryl/α,β-unsaturated/α-hetero) is 2. The molecule has 0 amide bonds. The van der Waals surface area contributed by atoms with Gasteiger partial charge in [-0.05, 0) is 56.2 Å². The average Bonchev–Trinajstić information content (AvgIpc) is 3.50. The predicted molar refractivity (Wildman–Crippen MR) is 137 cm³/mol. The first-order chi connectivity index (χ1) is 18.3. The van der Waals surface area contributed by atoms with Crippen molar-refractivity contribution in [2.75, 3.05) is 0 Å². The molecule has 212 valence electrons. The van der Waals surface area contributed by atoms with Gasteiger partial charge in [0.05, 0.1) is 11.8 Å². The highest BCUT2D eigenvalue weighted by Gasteiger charge is 2.86. The standard InChI is InChI=1S/C28H38N2O8Si/c1-26(2,3)39(4,5)38-25-27(18(31)13-30-29)17-11-10-15-12-16(22(32)14-8-6-7-9-14)36-28(17,37-25)20(15)19-21(27)24(34)35-23(19)33/h13-17,19-21,25H,6-12H2,1-5H3/t15?,16?,17?,19?,20?,21?,25-,27?,28?/m1/s1. The summed E-state index contributed by atoms with van der Waals surface area (Å²) in [4.78, 5) is 57.5. The van der Waals surface area contributed by atoms with E-state index in [-0.39, 0.29) is 22.7 Å². The third-order valence-corrected chi connectivity index (χ3v) is 15.7. The molecule has 6 rings (SSSR count). The zero-order valence-corrected chi connectivity index (χ0v) is 24.3. The number of carbonyl (C=O) groups excluding carboxylic acids is 4. The second-order valence-corrected chi connectivity index (χ2v) is 18.7. The number of nitrogens with zero attached hydrogens (tertiary/aromatic N) is 2. The average molecular weight is 559 g/mol. The van der Waals surface area contributed by atoms with E-state index in [0.717, 1.165) is 31.9 Å². The van der Waals surface area contributed by atoms with Crippen LogP contribution >= 0.6 is 0 Å². The molecule has 0 aromatic carbocycles. The van der Waals surface area contributed by atoms with Gasteiger partial charge in [-0.25, -0.2) is 0 Å². The lowest BCUT2D eigenvalue weighted by molar-refractivity contribution is -0.355. The highest BCUT2D eigenvalue weighted by molar-refractivity contribution is 6.74. The molecule has 8 unspecified atom stereocenters. The minimum Gasteiger partial charge on any atom is -0.393 e. The Kier molecular flexibility index (Phi) is 6.07. The van der Waals surface area contributed by atoms with Crippen molar-refractivity contribution in [2.24, 2.45) is 40.9 Å². The molecule has 10 nitrogen and oxygen atoms in total. The summed E-state index contributed by atoms with van der Waals surface area (Å²) in [7, 11) is -2.62. The molecule has 39 heavy (non-hydrogen) atoms. The number of ketones is 2. The number of ether oxygens (including phenoxy) is 3. The molecule has 3 heterocycles. The maximum absolute atomic E-state index is 14.1. The van der Waals surface area contributed by atoms with Crippen molar-refractivity contribution >= 4 is 38.0 Å². The van der Waals surface area contributed by atoms with E-state index in [4.69, 9.17) is 18.6 Å². The Morgan fingerprint density at radius 2 is 1.77 bits per heavy atom. The number of carbonyl (C=O) groups is 4. The van der Waals surface area contributed by atoms with Gasteiger partial charge in [0.25, 0.3) is 0 Å². The predicted octanol–water partition coefficient (Wildman–Crippen LogP) is 3.44. The highest BCUT2D eigenvalue weighted by atomic mass is 28.4. The van der Waals surface area contributed by atoms with Crippen molar-refractivity contribution in [3.63, 3.8) is 0 Å². The number of cyclic esters (lactones) is 2. The third kappa shape index (κ3) is 3.49. The molecule has 9 atom stereocenters. The minimum atomic E-state index is -2.62. The lowest BCUT2D eigenvalue weighted by atomic mass is 9.45. The molecule has 0 N–H and O–H groups in total. The van der Waals surface area contributed by atoms with Gasteiger partial charge in [-0.2, -0.15) is 4.79 Å². The van der Waals surface area contributed by atoms with Gasteiger partial charge in [-0.3, -0.25) is 19.2 Å². The summed E-state index contributed by atoms with van der Waals surface area (Å²) in [6, 6.07) is 0. The third-order valence-electron chi connectivity index (χ3n) is 11.3. The molecule has 0 aromatic heterocycles. The zero-order valence-electron chi connectivity index (χ0n) is 23.3. The maximum Gasteiger partial charge on any atom is 0.323 e. The second kappa shape index (κ2) is 8.73. The van der Waals surface area contributed by atoms with E-state index >= 15 is 0 Å². The van der Waals surface area contributed by atoms with Gasteiger partial charge in [0.2, 0.25) is 5.78 Å². The summed E-state index contributed by atoms with van der Waals surface area (Å²) >= 11 is 0. The first-order valence-corrected chi connectivity index (χ1v) is 17.2. The molecule has 3 aliphatic heterocycles. The molecule has 3 saturated heterocycles. The van der Waals surface area contributed by atoms with Gasteiger partial charge in [0.1, 0.15) is 11.5 Å². The van der Waals surface area contributed by atoms with Crippen molar-refractivity contribution in [1.82, 2.24) is 0 Å². The van der Waals surface area contributed by atoms with Gasteiger partial charge in [0.15, 0.2) is 26.2 Å². The van der Waals surface area contributed by atoms with E-state index in [1.807, 2.05) is 13.1 Å². The van der Waals surface area contributed by atoms with E-state index in [0.29, 0.717) is 19.3 Å². The van der Waals surface area contributed by atoms with Gasteiger partial charge < -0.3 is 24.2 Å². The van der Waals surface area contributed by atoms with Crippen LogP contribution in [0.3, 0.4) is 0 Å². The number of fused-ring (bicyclic) bond motifs is 2. The van der Waals surface area contributed by atoms with E-state index in [9.17, 15) is 24.7 Å². The van der Waals surface area contributed by atoms with Crippen molar-refractivity contribution in [2.45, 2.75) is 102 Å². The van der Waals surface area contributed by atoms with Crippen LogP contribution in [0.1, 0.15) is 65.7 Å². The fourth-order valence-corrected chi connectivity index (χ4v) is 9.70. The monoisotopic (exact) mass is 558 g/mol. The fourth-order valence-electron chi connectivity index (χ4n) is 8.57. The van der Waals surface area contributed by atoms with Crippen molar-refractivity contribution in [1.29, 1.82) is 0 Å². The van der Waals surface area contributed by atoms with Crippen molar-refractivity contribution < 1.29 is 42.6 Å². The van der Waals surface area contributed by atoms with Crippen LogP contribution in [0.5, 0.6) is 0 Å². The summed E-state index contributed by atoms with van der Waals surface area (Å²) in [5.74, 6) is -7.03. The Balaban J connectivity index is 1.53. The van der Waals surface area contributed by atoms with Gasteiger partial charge in [0, 0.05) is 17.8 Å². The van der Waals surface area contributed by atoms with E-state index in [1.165, 1.54) is 0 Å². The fraction of sp³-hybridized carbons (Fsp3) is 0.821. The Morgan fingerprint density at radius 3 is 2.41 bits per heavy atom. The first kappa shape index (κ1) is 27.1. The zero-order chi connectivity index (χ0) is 28.1. The molecule has 0 aromatic rings. The summed E-state index contributed by atoms with van der Waals surface area (Å²) in [6.45, 7) is 10.2. The molecule has 0 radical (unpaired) electrons. The SMILES string of the molecule is CC(C)(C)[Si](C)(C)O[C@H]1OC23OC(C(=O)C4CCCC4)CC4CCC2C1(C(=O)C=[N+]=[N-])C1C(=O)OC(=O)C1C43.